The molecule has 3 heteroatoms. The minimum Gasteiger partial charge on any atom is -0.380 e. The standard InChI is InChI=1S/C14H19ClFN/c1-9-4-3-5-10(2)14(9)17-13-8-11(16)6-7-12(13)15/h6-10,14,17H,3-5H2,1-2H3. The lowest BCUT2D eigenvalue weighted by Crippen LogP contribution is -2.37. The molecule has 0 radical (unpaired) electrons. The molecule has 0 bridgehead atoms. The molecule has 1 aromatic carbocycles. The molecule has 1 aromatic rings. The zero-order valence-electron chi connectivity index (χ0n) is 10.3. The Hall–Kier alpha value is -0.760. The Morgan fingerprint density at radius 2 is 1.88 bits per heavy atom. The maximum Gasteiger partial charge on any atom is 0.125 e. The highest BCUT2D eigenvalue weighted by Crippen LogP contribution is 2.33. The van der Waals surface area contributed by atoms with Gasteiger partial charge < -0.3 is 5.32 Å². The Morgan fingerprint density at radius 1 is 1.24 bits per heavy atom. The lowest BCUT2D eigenvalue weighted by molar-refractivity contribution is 0.268. The summed E-state index contributed by atoms with van der Waals surface area (Å²) in [6, 6.07) is 4.87. The zero-order chi connectivity index (χ0) is 12.4. The number of anilines is 1. The third kappa shape index (κ3) is 2.92. The van der Waals surface area contributed by atoms with Gasteiger partial charge in [-0.15, -0.1) is 0 Å². The van der Waals surface area contributed by atoms with Crippen LogP contribution in [0.5, 0.6) is 0 Å². The SMILES string of the molecule is CC1CCCC(C)C1Nc1cc(F)ccc1Cl. The summed E-state index contributed by atoms with van der Waals surface area (Å²) in [6.07, 6.45) is 3.75. The van der Waals surface area contributed by atoms with Crippen LogP contribution in [0.3, 0.4) is 0 Å². The molecule has 1 nitrogen and oxygen atoms in total. The van der Waals surface area contributed by atoms with Crippen LogP contribution in [0.4, 0.5) is 10.1 Å². The number of hydrogen-bond acceptors (Lipinski definition) is 1. The zero-order valence-corrected chi connectivity index (χ0v) is 11.1. The second kappa shape index (κ2) is 5.26. The lowest BCUT2D eigenvalue weighted by Gasteiger charge is -2.36. The highest BCUT2D eigenvalue weighted by Gasteiger charge is 2.27. The number of hydrogen-bond donors (Lipinski definition) is 1. The predicted octanol–water partition coefficient (Wildman–Crippen LogP) is 4.72. The summed E-state index contributed by atoms with van der Waals surface area (Å²) in [5, 5.41) is 4.01. The minimum absolute atomic E-state index is 0.243. The van der Waals surface area contributed by atoms with Crippen molar-refractivity contribution in [3.8, 4) is 0 Å². The van der Waals surface area contributed by atoms with E-state index >= 15 is 0 Å². The molecule has 2 atom stereocenters. The van der Waals surface area contributed by atoms with Gasteiger partial charge in [-0.3, -0.25) is 0 Å². The molecule has 1 aliphatic carbocycles. The van der Waals surface area contributed by atoms with Crippen LogP contribution in [0.1, 0.15) is 33.1 Å². The smallest absolute Gasteiger partial charge is 0.125 e. The van der Waals surface area contributed by atoms with Gasteiger partial charge in [-0.25, -0.2) is 4.39 Å². The minimum atomic E-state index is -0.243. The average Bonchev–Trinajstić information content (AvgIpc) is 2.28. The summed E-state index contributed by atoms with van der Waals surface area (Å²) in [5.74, 6) is 0.976. The van der Waals surface area contributed by atoms with E-state index in [2.05, 4.69) is 19.2 Å². The molecule has 1 saturated carbocycles. The normalized spacial score (nSPS) is 29.1. The molecule has 0 aliphatic heterocycles. The van der Waals surface area contributed by atoms with E-state index in [0.29, 0.717) is 22.9 Å². The van der Waals surface area contributed by atoms with Gasteiger partial charge in [-0.2, -0.15) is 0 Å². The van der Waals surface area contributed by atoms with Gasteiger partial charge in [-0.05, 0) is 42.9 Å². The first-order valence-electron chi connectivity index (χ1n) is 6.29. The molecule has 1 aliphatic rings. The Morgan fingerprint density at radius 3 is 2.53 bits per heavy atom. The molecule has 0 saturated heterocycles. The van der Waals surface area contributed by atoms with E-state index < -0.39 is 0 Å². The molecule has 0 spiro atoms. The molecule has 0 heterocycles. The number of halogens is 2. The first-order valence-corrected chi connectivity index (χ1v) is 6.67. The number of benzene rings is 1. The summed E-state index contributed by atoms with van der Waals surface area (Å²) in [4.78, 5) is 0. The third-order valence-corrected chi connectivity index (χ3v) is 4.13. The van der Waals surface area contributed by atoms with Crippen LogP contribution in [0, 0.1) is 17.7 Å². The summed E-state index contributed by atoms with van der Waals surface area (Å²) in [6.45, 7) is 4.50. The van der Waals surface area contributed by atoms with Crippen molar-refractivity contribution in [2.45, 2.75) is 39.2 Å². The largest absolute Gasteiger partial charge is 0.380 e. The fourth-order valence-electron chi connectivity index (χ4n) is 2.75. The van der Waals surface area contributed by atoms with E-state index in [1.807, 2.05) is 0 Å². The summed E-state index contributed by atoms with van der Waals surface area (Å²) < 4.78 is 13.2. The molecule has 0 aromatic heterocycles. The van der Waals surface area contributed by atoms with Gasteiger partial charge in [0.05, 0.1) is 10.7 Å². The molecule has 2 rings (SSSR count). The van der Waals surface area contributed by atoms with Crippen molar-refractivity contribution < 1.29 is 4.39 Å². The van der Waals surface area contributed by atoms with Crippen LogP contribution in [0.15, 0.2) is 18.2 Å². The molecule has 1 fully saturated rings. The fourth-order valence-corrected chi connectivity index (χ4v) is 2.93. The van der Waals surface area contributed by atoms with E-state index in [9.17, 15) is 4.39 Å². The first kappa shape index (κ1) is 12.7. The van der Waals surface area contributed by atoms with Crippen molar-refractivity contribution in [1.29, 1.82) is 0 Å². The van der Waals surface area contributed by atoms with Gasteiger partial charge in [0.2, 0.25) is 0 Å². The maximum atomic E-state index is 13.2. The molecule has 0 amide bonds. The predicted molar refractivity (Wildman–Crippen MR) is 71.0 cm³/mol. The summed E-state index contributed by atoms with van der Waals surface area (Å²) in [5.41, 5.74) is 0.720. The number of rotatable bonds is 2. The highest BCUT2D eigenvalue weighted by molar-refractivity contribution is 6.33. The Balaban J connectivity index is 2.16. The van der Waals surface area contributed by atoms with E-state index in [4.69, 9.17) is 11.6 Å². The number of nitrogens with one attached hydrogen (secondary N) is 1. The average molecular weight is 256 g/mol. The van der Waals surface area contributed by atoms with Crippen molar-refractivity contribution in [3.05, 3.63) is 29.0 Å². The molecular formula is C14H19ClFN. The molecule has 1 N–H and O–H groups in total. The monoisotopic (exact) mass is 255 g/mol. The quantitative estimate of drug-likeness (QED) is 0.807. The van der Waals surface area contributed by atoms with Crippen LogP contribution >= 0.6 is 11.6 Å². The van der Waals surface area contributed by atoms with Crippen LogP contribution in [0.25, 0.3) is 0 Å². The van der Waals surface area contributed by atoms with E-state index in [1.165, 1.54) is 31.4 Å². The van der Waals surface area contributed by atoms with Gasteiger partial charge >= 0.3 is 0 Å². The van der Waals surface area contributed by atoms with Crippen molar-refractivity contribution >= 4 is 17.3 Å². The van der Waals surface area contributed by atoms with Crippen molar-refractivity contribution in [2.75, 3.05) is 5.32 Å². The maximum absolute atomic E-state index is 13.2. The van der Waals surface area contributed by atoms with Crippen molar-refractivity contribution in [2.24, 2.45) is 11.8 Å². The second-order valence-corrected chi connectivity index (χ2v) is 5.59. The molecule has 94 valence electrons. The Kier molecular flexibility index (Phi) is 3.93. The molecule has 17 heavy (non-hydrogen) atoms. The van der Waals surface area contributed by atoms with Crippen LogP contribution in [0.2, 0.25) is 5.02 Å². The van der Waals surface area contributed by atoms with Gasteiger partial charge in [-0.1, -0.05) is 31.9 Å². The van der Waals surface area contributed by atoms with Gasteiger partial charge in [0.15, 0.2) is 0 Å². The van der Waals surface area contributed by atoms with E-state index in [-0.39, 0.29) is 5.82 Å². The van der Waals surface area contributed by atoms with Crippen molar-refractivity contribution in [1.82, 2.24) is 0 Å². The topological polar surface area (TPSA) is 12.0 Å². The Bertz CT molecular complexity index is 384. The molecule has 2 unspecified atom stereocenters. The summed E-state index contributed by atoms with van der Waals surface area (Å²) >= 11 is 6.08. The van der Waals surface area contributed by atoms with Crippen LogP contribution < -0.4 is 5.32 Å². The molecular weight excluding hydrogens is 237 g/mol. The lowest BCUT2D eigenvalue weighted by atomic mass is 9.78. The second-order valence-electron chi connectivity index (χ2n) is 5.18. The van der Waals surface area contributed by atoms with Gasteiger partial charge in [0.25, 0.3) is 0 Å². The highest BCUT2D eigenvalue weighted by atomic mass is 35.5. The van der Waals surface area contributed by atoms with E-state index in [0.717, 1.165) is 5.69 Å². The van der Waals surface area contributed by atoms with E-state index in [1.54, 1.807) is 6.07 Å². The van der Waals surface area contributed by atoms with Crippen molar-refractivity contribution in [3.63, 3.8) is 0 Å². The third-order valence-electron chi connectivity index (χ3n) is 3.80. The Labute approximate surface area is 107 Å². The van der Waals surface area contributed by atoms with Gasteiger partial charge in [0, 0.05) is 6.04 Å². The van der Waals surface area contributed by atoms with Crippen LogP contribution in [-0.2, 0) is 0 Å². The summed E-state index contributed by atoms with van der Waals surface area (Å²) in [7, 11) is 0. The van der Waals surface area contributed by atoms with Crippen LogP contribution in [-0.4, -0.2) is 6.04 Å². The van der Waals surface area contributed by atoms with Gasteiger partial charge in [0.1, 0.15) is 5.82 Å². The first-order chi connectivity index (χ1) is 8.08. The fraction of sp³-hybridized carbons (Fsp3) is 0.571.